The van der Waals surface area contributed by atoms with Crippen LogP contribution in [0.1, 0.15) is 30.7 Å². The van der Waals surface area contributed by atoms with Gasteiger partial charge < -0.3 is 25.3 Å². The lowest BCUT2D eigenvalue weighted by atomic mass is 9.97. The van der Waals surface area contributed by atoms with Crippen LogP contribution in [0.3, 0.4) is 0 Å². The van der Waals surface area contributed by atoms with E-state index in [1.807, 2.05) is 19.2 Å². The molecule has 3 N–H and O–H groups in total. The summed E-state index contributed by atoms with van der Waals surface area (Å²) in [5, 5.41) is 25.7. The van der Waals surface area contributed by atoms with E-state index < -0.39 is 5.79 Å². The molecule has 0 amide bonds. The average Bonchev–Trinajstić information content (AvgIpc) is 3.56. The maximum Gasteiger partial charge on any atom is 0.187 e. The molecular weight excluding hydrogens is 563 g/mol. The summed E-state index contributed by atoms with van der Waals surface area (Å²) in [6.07, 6.45) is -0.177. The maximum absolute atomic E-state index is 14.0. The molecule has 1 saturated heterocycles. The van der Waals surface area contributed by atoms with Crippen LogP contribution in [-0.4, -0.2) is 35.1 Å². The molecule has 1 atom stereocenters. The quantitative estimate of drug-likeness (QED) is 0.216. The Morgan fingerprint density at radius 2 is 1.90 bits per heavy atom. The summed E-state index contributed by atoms with van der Waals surface area (Å²) >= 11 is 2.62. The van der Waals surface area contributed by atoms with E-state index in [0.29, 0.717) is 51.7 Å². The summed E-state index contributed by atoms with van der Waals surface area (Å²) < 4.78 is 31.2. The Kier molecular flexibility index (Phi) is 8.38. The van der Waals surface area contributed by atoms with Gasteiger partial charge in [0.2, 0.25) is 0 Å². The maximum atomic E-state index is 14.0. The van der Waals surface area contributed by atoms with E-state index in [1.54, 1.807) is 42.5 Å². The molecule has 208 valence electrons. The number of anilines is 3. The summed E-state index contributed by atoms with van der Waals surface area (Å²) in [5.74, 6) is 0.0299. The lowest BCUT2D eigenvalue weighted by molar-refractivity contribution is -0.141. The van der Waals surface area contributed by atoms with Gasteiger partial charge in [0, 0.05) is 16.7 Å². The topological polar surface area (TPSA) is 139 Å². The highest BCUT2D eigenvalue weighted by molar-refractivity contribution is 7.98. The van der Waals surface area contributed by atoms with Gasteiger partial charge in [-0.1, -0.05) is 36.0 Å². The number of ether oxygens (including phenoxy) is 3. The highest BCUT2D eigenvalue weighted by atomic mass is 32.2. The largest absolute Gasteiger partial charge is 0.491 e. The van der Waals surface area contributed by atoms with Gasteiger partial charge in [-0.2, -0.15) is 10.5 Å². The Morgan fingerprint density at radius 1 is 1.15 bits per heavy atom. The monoisotopic (exact) mass is 588 g/mol. The number of nitrogens with one attached hydrogen (secondary N) is 1. The van der Waals surface area contributed by atoms with Gasteiger partial charge in [0.1, 0.15) is 52.8 Å². The molecule has 2 aromatic carbocycles. The number of nitrogen functional groups attached to an aromatic ring is 1. The van der Waals surface area contributed by atoms with Crippen LogP contribution in [0.15, 0.2) is 58.9 Å². The third-order valence-corrected chi connectivity index (χ3v) is 7.90. The van der Waals surface area contributed by atoms with Crippen LogP contribution >= 0.6 is 23.1 Å². The van der Waals surface area contributed by atoms with E-state index >= 15 is 0 Å². The summed E-state index contributed by atoms with van der Waals surface area (Å²) in [6, 6.07) is 17.7. The second kappa shape index (κ2) is 12.1. The zero-order valence-corrected chi connectivity index (χ0v) is 23.8. The molecule has 3 heterocycles. The van der Waals surface area contributed by atoms with Crippen LogP contribution in [-0.2, 0) is 15.2 Å². The van der Waals surface area contributed by atoms with Gasteiger partial charge in [-0.15, -0.1) is 11.3 Å². The van der Waals surface area contributed by atoms with Crippen molar-refractivity contribution in [3.63, 3.8) is 0 Å². The first-order valence-corrected chi connectivity index (χ1v) is 14.4. The van der Waals surface area contributed by atoms with Crippen molar-refractivity contribution < 1.29 is 18.6 Å². The number of nitrogens with two attached hydrogens (primary N) is 1. The Morgan fingerprint density at radius 3 is 2.59 bits per heavy atom. The van der Waals surface area contributed by atoms with Crippen LogP contribution in [0, 0.1) is 28.5 Å². The molecule has 5 rings (SSSR count). The van der Waals surface area contributed by atoms with E-state index in [4.69, 9.17) is 19.9 Å². The number of nitriles is 2. The van der Waals surface area contributed by atoms with Crippen molar-refractivity contribution in [1.82, 2.24) is 9.97 Å². The molecule has 1 aliphatic rings. The number of halogens is 1. The zero-order chi connectivity index (χ0) is 29.0. The first-order valence-electron chi connectivity index (χ1n) is 12.5. The number of aromatic nitrogens is 2. The van der Waals surface area contributed by atoms with Gasteiger partial charge in [0.05, 0.1) is 23.6 Å². The summed E-state index contributed by atoms with van der Waals surface area (Å²) in [6.45, 7) is 4.48. The first-order chi connectivity index (χ1) is 19.8. The Labute approximate surface area is 244 Å². The van der Waals surface area contributed by atoms with Crippen LogP contribution in [0.4, 0.5) is 21.0 Å². The van der Waals surface area contributed by atoms with Gasteiger partial charge in [0.15, 0.2) is 10.9 Å². The minimum Gasteiger partial charge on any atom is -0.491 e. The molecule has 0 aliphatic carbocycles. The molecule has 41 heavy (non-hydrogen) atoms. The minimum absolute atomic E-state index is 0.0329. The SMILES string of the molecule is CC1(C)OC[C@H](COc2ccc(-c3c(C#N)c(N)nc(SCc4csc(Nc5ccccc5F)n4)c3C#N)cc2)O1. The van der Waals surface area contributed by atoms with Crippen LogP contribution < -0.4 is 15.8 Å². The number of hydrogen-bond donors (Lipinski definition) is 2. The van der Waals surface area contributed by atoms with Crippen molar-refractivity contribution in [3.8, 4) is 29.0 Å². The molecule has 4 aromatic rings. The number of para-hydroxylation sites is 1. The molecule has 2 aromatic heterocycles. The van der Waals surface area contributed by atoms with Crippen LogP contribution in [0.2, 0.25) is 0 Å². The van der Waals surface area contributed by atoms with Crippen LogP contribution in [0.25, 0.3) is 11.1 Å². The van der Waals surface area contributed by atoms with E-state index in [-0.39, 0.29) is 28.9 Å². The van der Waals surface area contributed by atoms with Crippen molar-refractivity contribution in [2.75, 3.05) is 24.3 Å². The lowest BCUT2D eigenvalue weighted by Crippen LogP contribution is -2.25. The molecule has 9 nitrogen and oxygen atoms in total. The first kappa shape index (κ1) is 28.3. The highest BCUT2D eigenvalue weighted by Gasteiger charge is 2.33. The third-order valence-electron chi connectivity index (χ3n) is 6.09. The van der Waals surface area contributed by atoms with E-state index in [9.17, 15) is 14.9 Å². The number of thioether (sulfide) groups is 1. The number of rotatable bonds is 9. The lowest BCUT2D eigenvalue weighted by Gasteiger charge is -2.17. The van der Waals surface area contributed by atoms with Crippen molar-refractivity contribution in [2.24, 2.45) is 0 Å². The zero-order valence-electron chi connectivity index (χ0n) is 22.2. The van der Waals surface area contributed by atoms with Crippen LogP contribution in [0.5, 0.6) is 5.75 Å². The summed E-state index contributed by atoms with van der Waals surface area (Å²) in [4.78, 5) is 8.87. The fraction of sp³-hybridized carbons (Fsp3) is 0.241. The predicted octanol–water partition coefficient (Wildman–Crippen LogP) is 6.24. The third kappa shape index (κ3) is 6.59. The number of nitrogens with zero attached hydrogens (tertiary/aromatic N) is 4. The fourth-order valence-electron chi connectivity index (χ4n) is 4.19. The molecular formula is C29H25FN6O3S2. The van der Waals surface area contributed by atoms with E-state index in [0.717, 1.165) is 5.69 Å². The molecule has 1 fully saturated rings. The summed E-state index contributed by atoms with van der Waals surface area (Å²) in [5.41, 5.74) is 8.63. The van der Waals surface area contributed by atoms with E-state index in [1.165, 1.54) is 29.2 Å². The molecule has 1 aliphatic heterocycles. The van der Waals surface area contributed by atoms with Crippen molar-refractivity contribution in [1.29, 1.82) is 10.5 Å². The van der Waals surface area contributed by atoms with Gasteiger partial charge in [-0.3, -0.25) is 0 Å². The highest BCUT2D eigenvalue weighted by Crippen LogP contribution is 2.37. The second-order valence-electron chi connectivity index (χ2n) is 9.47. The van der Waals surface area contributed by atoms with E-state index in [2.05, 4.69) is 27.4 Å². The Hall–Kier alpha value is -4.20. The molecule has 0 radical (unpaired) electrons. The minimum atomic E-state index is -0.628. The van der Waals surface area contributed by atoms with Gasteiger partial charge in [0.25, 0.3) is 0 Å². The normalized spacial score (nSPS) is 15.7. The smallest absolute Gasteiger partial charge is 0.187 e. The number of pyridine rings is 1. The number of benzene rings is 2. The molecule has 0 unspecified atom stereocenters. The Balaban J connectivity index is 1.33. The Bertz CT molecular complexity index is 1650. The predicted molar refractivity (Wildman–Crippen MR) is 155 cm³/mol. The average molecular weight is 589 g/mol. The fourth-order valence-corrected chi connectivity index (χ4v) is 5.91. The standard InChI is InChI=1S/C29H25FN6O3S2/c1-29(2)38-14-20(39-29)13-37-19-9-7-17(8-10-19)25-21(11-31)26(33)36-27(22(25)12-32)40-15-18-16-41-28(34-18)35-24-6-4-3-5-23(24)30/h3-10,16,20H,13-15H2,1-2H3,(H2,33,36)(H,34,35)/t20-/m0/s1. The van der Waals surface area contributed by atoms with Gasteiger partial charge in [-0.25, -0.2) is 14.4 Å². The van der Waals surface area contributed by atoms with Crippen molar-refractivity contribution >= 4 is 39.7 Å². The molecule has 0 spiro atoms. The molecule has 12 heteroatoms. The number of thiazole rings is 1. The molecule has 0 bridgehead atoms. The summed E-state index contributed by atoms with van der Waals surface area (Å²) in [7, 11) is 0. The van der Waals surface area contributed by atoms with Crippen molar-refractivity contribution in [2.45, 2.75) is 36.5 Å². The van der Waals surface area contributed by atoms with Crippen molar-refractivity contribution in [3.05, 3.63) is 76.5 Å². The second-order valence-corrected chi connectivity index (χ2v) is 11.3. The van der Waals surface area contributed by atoms with Gasteiger partial charge in [-0.05, 0) is 43.7 Å². The molecule has 0 saturated carbocycles. The van der Waals surface area contributed by atoms with Gasteiger partial charge >= 0.3 is 0 Å². The number of hydrogen-bond acceptors (Lipinski definition) is 11.